The van der Waals surface area contributed by atoms with Gasteiger partial charge in [0.2, 0.25) is 0 Å². The largest absolute Gasteiger partial charge is 1.00 e. The van der Waals surface area contributed by atoms with Gasteiger partial charge in [0.15, 0.2) is 0 Å². The topological polar surface area (TPSA) is 42.9 Å². The van der Waals surface area contributed by atoms with Crippen LogP contribution in [-0.4, -0.2) is 10.5 Å². The van der Waals surface area contributed by atoms with E-state index >= 15 is 0 Å². The Kier molecular flexibility index (Phi) is 11.2. The minimum Gasteiger partial charge on any atom is -0.870 e. The maximum Gasteiger partial charge on any atom is 1.00 e. The van der Waals surface area contributed by atoms with E-state index in [2.05, 4.69) is 4.98 Å². The molecule has 2 nitrogen and oxygen atoms in total. The molecule has 1 N–H and O–H groups in total. The Hall–Kier alpha value is 0.746. The molecule has 0 aliphatic carbocycles. The molecule has 0 radical (unpaired) electrons. The van der Waals surface area contributed by atoms with Crippen LogP contribution in [0.15, 0.2) is 30.6 Å². The smallest absolute Gasteiger partial charge is 0.870 e. The van der Waals surface area contributed by atoms with Gasteiger partial charge in [0.05, 0.1) is 0 Å². The molecule has 3 heteroatoms. The Balaban J connectivity index is 0. The molecule has 0 aromatic carbocycles. The standard InChI is InChI=1S/C5H5N.K.H2O/c1-2-4-6-5-3-1;;/h1-5H;;1H2/q;+1;/p-1. The normalized spacial score (nSPS) is 6.00. The molecule has 1 heterocycles. The maximum absolute atomic E-state index is 3.78. The molecule has 0 unspecified atom stereocenters. The van der Waals surface area contributed by atoms with Crippen LogP contribution in [0.2, 0.25) is 0 Å². The predicted molar refractivity (Wildman–Crippen MR) is 26.2 cm³/mol. The van der Waals surface area contributed by atoms with Crippen molar-refractivity contribution in [1.82, 2.24) is 4.98 Å². The minimum atomic E-state index is 0. The second-order valence-electron chi connectivity index (χ2n) is 1.02. The molecule has 0 atom stereocenters. The van der Waals surface area contributed by atoms with Crippen LogP contribution in [-0.2, 0) is 0 Å². The summed E-state index contributed by atoms with van der Waals surface area (Å²) in [6, 6.07) is 5.72. The van der Waals surface area contributed by atoms with Crippen LogP contribution < -0.4 is 51.4 Å². The van der Waals surface area contributed by atoms with Gasteiger partial charge in [-0.3, -0.25) is 4.98 Å². The van der Waals surface area contributed by atoms with E-state index in [0.717, 1.165) is 0 Å². The van der Waals surface area contributed by atoms with E-state index in [1.165, 1.54) is 0 Å². The fourth-order valence-corrected chi connectivity index (χ4v) is 0.313. The molecule has 0 aliphatic heterocycles. The molecule has 0 saturated heterocycles. The van der Waals surface area contributed by atoms with Crippen LogP contribution in [0.1, 0.15) is 0 Å². The summed E-state index contributed by atoms with van der Waals surface area (Å²) in [5.74, 6) is 0. The maximum atomic E-state index is 3.78. The van der Waals surface area contributed by atoms with Crippen molar-refractivity contribution < 1.29 is 56.9 Å². The first-order chi connectivity index (χ1) is 3.00. The van der Waals surface area contributed by atoms with E-state index in [9.17, 15) is 0 Å². The van der Waals surface area contributed by atoms with Crippen LogP contribution in [0.25, 0.3) is 0 Å². The predicted octanol–water partition coefficient (Wildman–Crippen LogP) is -2.09. The van der Waals surface area contributed by atoms with Crippen LogP contribution in [0.3, 0.4) is 0 Å². The summed E-state index contributed by atoms with van der Waals surface area (Å²) in [6.07, 6.45) is 3.50. The van der Waals surface area contributed by atoms with Gasteiger partial charge in [0.25, 0.3) is 0 Å². The van der Waals surface area contributed by atoms with Crippen molar-refractivity contribution >= 4 is 0 Å². The Morgan fingerprint density at radius 3 is 1.50 bits per heavy atom. The Labute approximate surface area is 91.1 Å². The number of hydrogen-bond donors (Lipinski definition) is 0. The van der Waals surface area contributed by atoms with Gasteiger partial charge in [0, 0.05) is 12.4 Å². The first-order valence-electron chi connectivity index (χ1n) is 1.85. The van der Waals surface area contributed by atoms with E-state index in [0.29, 0.717) is 0 Å². The van der Waals surface area contributed by atoms with E-state index in [4.69, 9.17) is 0 Å². The van der Waals surface area contributed by atoms with E-state index in [1.807, 2.05) is 18.2 Å². The number of hydrogen-bond acceptors (Lipinski definition) is 2. The number of pyridine rings is 1. The SMILES string of the molecule is [K+].[OH-].c1ccncc1. The van der Waals surface area contributed by atoms with Crippen LogP contribution in [0, 0.1) is 0 Å². The molecule has 0 bridgehead atoms. The number of aromatic nitrogens is 1. The van der Waals surface area contributed by atoms with Crippen LogP contribution in [0.5, 0.6) is 0 Å². The van der Waals surface area contributed by atoms with Gasteiger partial charge >= 0.3 is 51.4 Å². The summed E-state index contributed by atoms with van der Waals surface area (Å²) in [6.45, 7) is 0. The quantitative estimate of drug-likeness (QED) is 0.383. The fourth-order valence-electron chi connectivity index (χ4n) is 0.313. The Bertz CT molecular complexity index is 84.4. The molecular formula is C5H6KNO. The minimum absolute atomic E-state index is 0. The second kappa shape index (κ2) is 7.75. The molecule has 0 aliphatic rings. The van der Waals surface area contributed by atoms with Gasteiger partial charge in [-0.05, 0) is 12.1 Å². The average molecular weight is 135 g/mol. The number of nitrogens with zero attached hydrogens (tertiary/aromatic N) is 1. The van der Waals surface area contributed by atoms with Crippen molar-refractivity contribution in [1.29, 1.82) is 0 Å². The first-order valence-corrected chi connectivity index (χ1v) is 1.85. The zero-order valence-electron chi connectivity index (χ0n) is 4.78. The van der Waals surface area contributed by atoms with Crippen molar-refractivity contribution in [2.24, 2.45) is 0 Å². The van der Waals surface area contributed by atoms with Gasteiger partial charge in [-0.1, -0.05) is 6.07 Å². The van der Waals surface area contributed by atoms with Gasteiger partial charge in [0.1, 0.15) is 0 Å². The van der Waals surface area contributed by atoms with E-state index < -0.39 is 0 Å². The monoisotopic (exact) mass is 135 g/mol. The van der Waals surface area contributed by atoms with Crippen molar-refractivity contribution in [3.8, 4) is 0 Å². The summed E-state index contributed by atoms with van der Waals surface area (Å²) >= 11 is 0. The Morgan fingerprint density at radius 1 is 0.875 bits per heavy atom. The van der Waals surface area contributed by atoms with Crippen molar-refractivity contribution in [2.75, 3.05) is 0 Å². The Morgan fingerprint density at radius 2 is 1.38 bits per heavy atom. The van der Waals surface area contributed by atoms with Crippen LogP contribution in [0.4, 0.5) is 0 Å². The van der Waals surface area contributed by atoms with Gasteiger partial charge in [-0.2, -0.15) is 0 Å². The van der Waals surface area contributed by atoms with Crippen molar-refractivity contribution in [3.63, 3.8) is 0 Å². The average Bonchev–Trinajstić information content (AvgIpc) is 1.72. The first kappa shape index (κ1) is 11.5. The third kappa shape index (κ3) is 4.89. The summed E-state index contributed by atoms with van der Waals surface area (Å²) in [4.78, 5) is 3.78. The third-order valence-electron chi connectivity index (χ3n) is 0.566. The molecule has 0 saturated carbocycles. The van der Waals surface area contributed by atoms with E-state index in [1.54, 1.807) is 12.4 Å². The zero-order chi connectivity index (χ0) is 4.24. The summed E-state index contributed by atoms with van der Waals surface area (Å²) in [7, 11) is 0. The van der Waals surface area contributed by atoms with Crippen molar-refractivity contribution in [2.45, 2.75) is 0 Å². The van der Waals surface area contributed by atoms with Gasteiger partial charge in [-0.15, -0.1) is 0 Å². The molecule has 0 fully saturated rings. The zero-order valence-corrected chi connectivity index (χ0v) is 7.90. The third-order valence-corrected chi connectivity index (χ3v) is 0.566. The molecule has 0 spiro atoms. The van der Waals surface area contributed by atoms with Crippen molar-refractivity contribution in [3.05, 3.63) is 30.6 Å². The van der Waals surface area contributed by atoms with E-state index in [-0.39, 0.29) is 56.9 Å². The molecule has 1 aromatic rings. The summed E-state index contributed by atoms with van der Waals surface area (Å²) in [5.41, 5.74) is 0. The summed E-state index contributed by atoms with van der Waals surface area (Å²) in [5, 5.41) is 0. The molecule has 1 rings (SSSR count). The molecule has 38 valence electrons. The number of rotatable bonds is 0. The van der Waals surface area contributed by atoms with Gasteiger partial charge in [-0.25, -0.2) is 0 Å². The fraction of sp³-hybridized carbons (Fsp3) is 0. The summed E-state index contributed by atoms with van der Waals surface area (Å²) < 4.78 is 0. The van der Waals surface area contributed by atoms with Gasteiger partial charge < -0.3 is 5.48 Å². The molecule has 8 heavy (non-hydrogen) atoms. The molecule has 1 aromatic heterocycles. The molecular weight excluding hydrogens is 129 g/mol. The van der Waals surface area contributed by atoms with Crippen LogP contribution >= 0.6 is 0 Å². The molecule has 0 amide bonds. The second-order valence-corrected chi connectivity index (χ2v) is 1.02.